The van der Waals surface area contributed by atoms with Crippen LogP contribution in [0.2, 0.25) is 0 Å². The molecule has 2 bridgehead atoms. The number of fused-ring (bicyclic) bond motifs is 2. The van der Waals surface area contributed by atoms with Gasteiger partial charge in [0.15, 0.2) is 0 Å². The predicted octanol–water partition coefficient (Wildman–Crippen LogP) is 2.49. The van der Waals surface area contributed by atoms with E-state index in [1.807, 2.05) is 13.8 Å². The highest BCUT2D eigenvalue weighted by atomic mass is 32.2. The van der Waals surface area contributed by atoms with Crippen LogP contribution in [0.5, 0.6) is 0 Å². The molecule has 0 aromatic rings. The van der Waals surface area contributed by atoms with E-state index >= 15 is 0 Å². The molecule has 2 aliphatic carbocycles. The molecule has 0 aromatic heterocycles. The van der Waals surface area contributed by atoms with Crippen molar-refractivity contribution in [2.75, 3.05) is 5.75 Å². The third kappa shape index (κ3) is 2.25. The van der Waals surface area contributed by atoms with Crippen LogP contribution in [0.15, 0.2) is 0 Å². The van der Waals surface area contributed by atoms with Crippen LogP contribution in [0.25, 0.3) is 0 Å². The zero-order chi connectivity index (χ0) is 17.1. The maximum Gasteiger partial charge on any atom is 0.421 e. The Hall–Kier alpha value is -1.11. The number of rotatable bonds is 3. The quantitative estimate of drug-likeness (QED) is 0.858. The van der Waals surface area contributed by atoms with Crippen LogP contribution in [0, 0.1) is 16.7 Å². The van der Waals surface area contributed by atoms with Crippen LogP contribution < -0.4 is 0 Å². The van der Waals surface area contributed by atoms with Crippen LogP contribution in [0.3, 0.4) is 0 Å². The smallest absolute Gasteiger partial charge is 0.421 e. The van der Waals surface area contributed by atoms with Crippen molar-refractivity contribution in [2.24, 2.45) is 16.7 Å². The number of hydrogen-bond donors (Lipinski definition) is 1. The van der Waals surface area contributed by atoms with Crippen LogP contribution in [-0.4, -0.2) is 41.0 Å². The molecule has 2 aliphatic rings. The summed E-state index contributed by atoms with van der Waals surface area (Å²) in [5.74, 6) is -0.244. The van der Waals surface area contributed by atoms with Crippen molar-refractivity contribution in [2.45, 2.75) is 59.4 Å². The van der Waals surface area contributed by atoms with Crippen molar-refractivity contribution >= 4 is 21.9 Å². The van der Waals surface area contributed by atoms with E-state index in [2.05, 4.69) is 0 Å². The van der Waals surface area contributed by atoms with Gasteiger partial charge in [0, 0.05) is 6.42 Å². The van der Waals surface area contributed by atoms with E-state index in [9.17, 15) is 23.1 Å². The second kappa shape index (κ2) is 4.69. The molecule has 0 heterocycles. The van der Waals surface area contributed by atoms with Gasteiger partial charge in [0.2, 0.25) is 10.0 Å². The summed E-state index contributed by atoms with van der Waals surface area (Å²) in [5.41, 5.74) is -2.43. The van der Waals surface area contributed by atoms with Crippen LogP contribution >= 0.6 is 0 Å². The van der Waals surface area contributed by atoms with Gasteiger partial charge in [0.25, 0.3) is 0 Å². The average Bonchev–Trinajstić information content (AvgIpc) is 2.58. The number of nitrogens with zero attached hydrogens (tertiary/aromatic N) is 1. The minimum atomic E-state index is -4.10. The molecule has 1 amide bonds. The first-order chi connectivity index (χ1) is 9.76. The molecular formula is C15H25NO5S. The number of amides is 1. The summed E-state index contributed by atoms with van der Waals surface area (Å²) < 4.78 is 26.1. The Kier molecular flexibility index (Phi) is 3.68. The molecule has 6 nitrogen and oxygen atoms in total. The Labute approximate surface area is 131 Å². The fourth-order valence-electron chi connectivity index (χ4n) is 4.31. The zero-order valence-corrected chi connectivity index (χ0v) is 14.7. The van der Waals surface area contributed by atoms with Crippen molar-refractivity contribution in [1.82, 2.24) is 4.31 Å². The highest BCUT2D eigenvalue weighted by Crippen LogP contribution is 2.64. The Bertz CT molecular complexity index is 616. The SMILES string of the molecule is CC(C)(C)N(C(=O)O)S(=O)(=O)CC12CCC(CC1=O)C2(C)C. The van der Waals surface area contributed by atoms with E-state index in [4.69, 9.17) is 0 Å². The number of sulfonamides is 1. The molecule has 0 aliphatic heterocycles. The number of ketones is 1. The van der Waals surface area contributed by atoms with Gasteiger partial charge < -0.3 is 5.11 Å². The number of carbonyl (C=O) groups excluding carboxylic acids is 1. The highest BCUT2D eigenvalue weighted by Gasteiger charge is 2.66. The van der Waals surface area contributed by atoms with Crippen LogP contribution in [0.1, 0.15) is 53.9 Å². The van der Waals surface area contributed by atoms with E-state index in [-0.39, 0.29) is 11.7 Å². The molecule has 7 heteroatoms. The van der Waals surface area contributed by atoms with E-state index in [1.165, 1.54) is 20.8 Å². The second-order valence-corrected chi connectivity index (χ2v) is 9.96. The van der Waals surface area contributed by atoms with Crippen molar-refractivity contribution in [3.05, 3.63) is 0 Å². The minimum Gasteiger partial charge on any atom is -0.464 e. The van der Waals surface area contributed by atoms with E-state index in [0.717, 1.165) is 6.42 Å². The molecule has 2 atom stereocenters. The van der Waals surface area contributed by atoms with Gasteiger partial charge in [-0.1, -0.05) is 13.8 Å². The Morgan fingerprint density at radius 1 is 1.36 bits per heavy atom. The van der Waals surface area contributed by atoms with Gasteiger partial charge in [0.05, 0.1) is 16.7 Å². The standard InChI is InChI=1S/C15H25NO5S/c1-13(2,3)16(12(18)19)22(20,21)9-15-7-6-10(8-11(15)17)14(15,4)5/h10H,6-9H2,1-5H3,(H,18,19). The first-order valence-corrected chi connectivity index (χ1v) is 9.16. The van der Waals surface area contributed by atoms with E-state index in [0.29, 0.717) is 17.1 Å². The normalized spacial score (nSPS) is 30.6. The van der Waals surface area contributed by atoms with Crippen molar-refractivity contribution in [3.8, 4) is 0 Å². The molecule has 0 radical (unpaired) electrons. The molecule has 0 saturated heterocycles. The first-order valence-electron chi connectivity index (χ1n) is 7.55. The molecule has 2 rings (SSSR count). The third-order valence-electron chi connectivity index (χ3n) is 5.63. The third-order valence-corrected chi connectivity index (χ3v) is 7.75. The van der Waals surface area contributed by atoms with Gasteiger partial charge in [-0.15, -0.1) is 0 Å². The number of hydrogen-bond acceptors (Lipinski definition) is 4. The zero-order valence-electron chi connectivity index (χ0n) is 13.8. The average molecular weight is 331 g/mol. The van der Waals surface area contributed by atoms with Crippen LogP contribution in [0.4, 0.5) is 4.79 Å². The van der Waals surface area contributed by atoms with Gasteiger partial charge >= 0.3 is 6.09 Å². The molecule has 0 aromatic carbocycles. The fourth-order valence-corrected chi connectivity index (χ4v) is 6.81. The number of carboxylic acid groups (broad SMARTS) is 1. The number of carbonyl (C=O) groups is 2. The van der Waals surface area contributed by atoms with Crippen molar-refractivity contribution < 1.29 is 23.1 Å². The molecule has 2 saturated carbocycles. The maximum absolute atomic E-state index is 12.8. The van der Waals surface area contributed by atoms with Crippen molar-refractivity contribution in [1.29, 1.82) is 0 Å². The minimum absolute atomic E-state index is 0.0310. The molecule has 126 valence electrons. The van der Waals surface area contributed by atoms with Gasteiger partial charge in [-0.3, -0.25) is 4.79 Å². The fraction of sp³-hybridized carbons (Fsp3) is 0.867. The highest BCUT2D eigenvalue weighted by molar-refractivity contribution is 7.89. The lowest BCUT2D eigenvalue weighted by Crippen LogP contribution is -2.53. The molecule has 2 fully saturated rings. The Morgan fingerprint density at radius 2 is 1.91 bits per heavy atom. The summed E-state index contributed by atoms with van der Waals surface area (Å²) in [4.78, 5) is 23.9. The monoisotopic (exact) mass is 331 g/mol. The predicted molar refractivity (Wildman–Crippen MR) is 82.0 cm³/mol. The van der Waals surface area contributed by atoms with Gasteiger partial charge in [0.1, 0.15) is 5.78 Å². The summed E-state index contributed by atoms with van der Waals surface area (Å²) in [5, 5.41) is 9.34. The molecule has 0 spiro atoms. The summed E-state index contributed by atoms with van der Waals surface area (Å²) in [6.45, 7) is 8.49. The summed E-state index contributed by atoms with van der Waals surface area (Å²) in [6, 6.07) is 0. The molecule has 2 unspecified atom stereocenters. The Morgan fingerprint density at radius 3 is 2.23 bits per heavy atom. The van der Waals surface area contributed by atoms with Crippen LogP contribution in [-0.2, 0) is 14.8 Å². The van der Waals surface area contributed by atoms with Gasteiger partial charge in [-0.05, 0) is 44.9 Å². The lowest BCUT2D eigenvalue weighted by atomic mass is 9.70. The largest absolute Gasteiger partial charge is 0.464 e. The summed E-state index contributed by atoms with van der Waals surface area (Å²) >= 11 is 0. The topological polar surface area (TPSA) is 91.8 Å². The lowest BCUT2D eigenvalue weighted by Gasteiger charge is -2.39. The van der Waals surface area contributed by atoms with E-state index < -0.39 is 38.2 Å². The molecular weight excluding hydrogens is 306 g/mol. The molecule has 22 heavy (non-hydrogen) atoms. The van der Waals surface area contributed by atoms with Crippen molar-refractivity contribution in [3.63, 3.8) is 0 Å². The maximum atomic E-state index is 12.8. The van der Waals surface area contributed by atoms with Gasteiger partial charge in [-0.2, -0.15) is 4.31 Å². The molecule has 1 N–H and O–H groups in total. The lowest BCUT2D eigenvalue weighted by molar-refractivity contribution is -0.128. The Balaban J connectivity index is 2.44. The summed E-state index contributed by atoms with van der Waals surface area (Å²) in [6.07, 6.45) is 0.268. The van der Waals surface area contributed by atoms with E-state index in [1.54, 1.807) is 0 Å². The number of Topliss-reactive ketones (excluding diaryl/α,β-unsaturated/α-hetero) is 1. The first kappa shape index (κ1) is 17.2. The summed E-state index contributed by atoms with van der Waals surface area (Å²) in [7, 11) is -4.10. The second-order valence-electron chi connectivity index (χ2n) is 8.14. The van der Waals surface area contributed by atoms with Gasteiger partial charge in [-0.25, -0.2) is 13.2 Å².